The van der Waals surface area contributed by atoms with Gasteiger partial charge in [0.25, 0.3) is 11.8 Å². The molecule has 1 N–H and O–H groups in total. The van der Waals surface area contributed by atoms with Gasteiger partial charge in [0.1, 0.15) is 6.61 Å². The molecule has 37 heavy (non-hydrogen) atoms. The molecule has 3 aromatic carbocycles. The molecule has 3 aromatic rings. The van der Waals surface area contributed by atoms with Crippen molar-refractivity contribution in [1.82, 2.24) is 10.4 Å². The van der Waals surface area contributed by atoms with Crippen LogP contribution in [-0.4, -0.2) is 28.3 Å². The van der Waals surface area contributed by atoms with Gasteiger partial charge in [0, 0.05) is 4.47 Å². The Morgan fingerprint density at radius 3 is 2.57 bits per heavy atom. The maximum atomic E-state index is 13.0. The summed E-state index contributed by atoms with van der Waals surface area (Å²) in [5.41, 5.74) is 5.40. The first-order chi connectivity index (χ1) is 17.7. The summed E-state index contributed by atoms with van der Waals surface area (Å²) in [5.74, 6) is 0.0596. The first-order valence-corrected chi connectivity index (χ1v) is 13.9. The standard InChI is InChI=1S/C26H19Br2ClN2O4S2/c1-14-3-8-18(20(29)9-14)24(32)30-31-25(33)22(37-26(31)36)12-16-10-19(28)23(21(11-16)34-2)35-13-15-4-6-17(27)7-5-15/h3-12H,13H2,1-2H3,(H,30,32)/b22-12+. The number of hydrazine groups is 1. The molecule has 1 fully saturated rings. The second kappa shape index (κ2) is 12.0. The van der Waals surface area contributed by atoms with Crippen molar-refractivity contribution in [2.24, 2.45) is 0 Å². The van der Waals surface area contributed by atoms with Gasteiger partial charge in [-0.1, -0.05) is 57.5 Å². The van der Waals surface area contributed by atoms with Crippen molar-refractivity contribution in [2.75, 3.05) is 7.11 Å². The number of nitrogens with zero attached hydrogens (tertiary/aromatic N) is 1. The minimum Gasteiger partial charge on any atom is -0.493 e. The van der Waals surface area contributed by atoms with E-state index in [0.717, 1.165) is 32.4 Å². The molecule has 1 saturated heterocycles. The molecule has 0 atom stereocenters. The molecule has 0 unspecified atom stereocenters. The SMILES string of the molecule is COc1cc(/C=C2/SC(=S)N(NC(=O)c3ccc(C)cc3Cl)C2=O)cc(Br)c1OCc1ccc(Br)cc1. The van der Waals surface area contributed by atoms with Crippen LogP contribution in [0.25, 0.3) is 6.08 Å². The Morgan fingerprint density at radius 1 is 1.16 bits per heavy atom. The molecule has 0 radical (unpaired) electrons. The van der Waals surface area contributed by atoms with Gasteiger partial charge in [-0.25, -0.2) is 0 Å². The van der Waals surface area contributed by atoms with Crippen LogP contribution in [0.1, 0.15) is 27.0 Å². The molecule has 2 amide bonds. The zero-order valence-corrected chi connectivity index (χ0v) is 25.1. The van der Waals surface area contributed by atoms with E-state index in [0.29, 0.717) is 33.0 Å². The van der Waals surface area contributed by atoms with E-state index in [9.17, 15) is 9.59 Å². The average molecular weight is 683 g/mol. The fraction of sp³-hybridized carbons (Fsp3) is 0.115. The maximum Gasteiger partial charge on any atom is 0.285 e. The highest BCUT2D eigenvalue weighted by Gasteiger charge is 2.34. The van der Waals surface area contributed by atoms with Crippen LogP contribution in [0.2, 0.25) is 5.02 Å². The summed E-state index contributed by atoms with van der Waals surface area (Å²) in [4.78, 5) is 26.1. The highest BCUT2D eigenvalue weighted by Crippen LogP contribution is 2.39. The summed E-state index contributed by atoms with van der Waals surface area (Å²) >= 11 is 19.6. The second-order valence-electron chi connectivity index (χ2n) is 7.89. The van der Waals surface area contributed by atoms with Gasteiger partial charge in [0.15, 0.2) is 15.8 Å². The summed E-state index contributed by atoms with van der Waals surface area (Å²) in [6, 6.07) is 16.4. The minimum absolute atomic E-state index is 0.202. The van der Waals surface area contributed by atoms with Gasteiger partial charge >= 0.3 is 0 Å². The average Bonchev–Trinajstić information content (AvgIpc) is 3.11. The van der Waals surface area contributed by atoms with Crippen molar-refractivity contribution in [3.8, 4) is 11.5 Å². The molecule has 11 heteroatoms. The molecule has 190 valence electrons. The number of amides is 2. The molecule has 0 saturated carbocycles. The number of ether oxygens (including phenoxy) is 2. The Morgan fingerprint density at radius 2 is 1.89 bits per heavy atom. The number of thioether (sulfide) groups is 1. The van der Waals surface area contributed by atoms with Gasteiger partial charge in [-0.2, -0.15) is 5.01 Å². The van der Waals surface area contributed by atoms with Gasteiger partial charge in [-0.15, -0.1) is 0 Å². The fourth-order valence-corrected chi connectivity index (χ4v) is 5.72. The van der Waals surface area contributed by atoms with Crippen LogP contribution in [0.15, 0.2) is 68.4 Å². The van der Waals surface area contributed by atoms with Gasteiger partial charge in [0.05, 0.1) is 27.1 Å². The Hall–Kier alpha value is -2.37. The van der Waals surface area contributed by atoms with Crippen LogP contribution in [0.3, 0.4) is 0 Å². The predicted molar refractivity (Wildman–Crippen MR) is 158 cm³/mol. The Labute approximate surface area is 245 Å². The Kier molecular flexibility index (Phi) is 8.97. The first-order valence-electron chi connectivity index (χ1n) is 10.8. The van der Waals surface area contributed by atoms with E-state index in [1.807, 2.05) is 37.3 Å². The number of benzene rings is 3. The van der Waals surface area contributed by atoms with Crippen molar-refractivity contribution >= 4 is 89.7 Å². The normalized spacial score (nSPS) is 14.3. The van der Waals surface area contributed by atoms with E-state index in [1.165, 1.54) is 0 Å². The summed E-state index contributed by atoms with van der Waals surface area (Å²) in [5, 5.41) is 1.34. The second-order valence-corrected chi connectivity index (χ2v) is 11.7. The van der Waals surface area contributed by atoms with Crippen molar-refractivity contribution in [2.45, 2.75) is 13.5 Å². The van der Waals surface area contributed by atoms with Crippen molar-refractivity contribution in [1.29, 1.82) is 0 Å². The molecule has 0 aromatic heterocycles. The van der Waals surface area contributed by atoms with E-state index in [2.05, 4.69) is 37.3 Å². The number of thiocarbonyl (C=S) groups is 1. The lowest BCUT2D eigenvalue weighted by Gasteiger charge is -2.16. The zero-order chi connectivity index (χ0) is 26.7. The quantitative estimate of drug-likeness (QED) is 0.208. The number of hydrogen-bond acceptors (Lipinski definition) is 6. The third-order valence-electron chi connectivity index (χ3n) is 5.22. The van der Waals surface area contributed by atoms with Crippen LogP contribution in [0.4, 0.5) is 0 Å². The van der Waals surface area contributed by atoms with E-state index >= 15 is 0 Å². The lowest BCUT2D eigenvalue weighted by atomic mass is 10.1. The van der Waals surface area contributed by atoms with Crippen LogP contribution in [0, 0.1) is 6.92 Å². The van der Waals surface area contributed by atoms with Crippen molar-refractivity contribution < 1.29 is 19.1 Å². The third kappa shape index (κ3) is 6.56. The molecule has 1 aliphatic rings. The number of nitrogens with one attached hydrogen (secondary N) is 1. The number of hydrogen-bond donors (Lipinski definition) is 1. The topological polar surface area (TPSA) is 67.9 Å². The van der Waals surface area contributed by atoms with E-state index < -0.39 is 11.8 Å². The monoisotopic (exact) mass is 680 g/mol. The Bertz CT molecular complexity index is 1430. The number of carbonyl (C=O) groups excluding carboxylic acids is 2. The molecule has 1 aliphatic heterocycles. The minimum atomic E-state index is -0.528. The molecular formula is C26H19Br2ClN2O4S2. The van der Waals surface area contributed by atoms with Gasteiger partial charge in [0.2, 0.25) is 0 Å². The number of aryl methyl sites for hydroxylation is 1. The first kappa shape index (κ1) is 27.7. The molecule has 0 spiro atoms. The van der Waals surface area contributed by atoms with Crippen molar-refractivity contribution in [3.63, 3.8) is 0 Å². The Balaban J connectivity index is 1.51. The third-order valence-corrected chi connectivity index (χ3v) is 7.95. The predicted octanol–water partition coefficient (Wildman–Crippen LogP) is 7.31. The fourth-order valence-electron chi connectivity index (χ4n) is 3.38. The molecule has 6 nitrogen and oxygen atoms in total. The van der Waals surface area contributed by atoms with Crippen LogP contribution in [-0.2, 0) is 11.4 Å². The van der Waals surface area contributed by atoms with Gasteiger partial charge in [-0.3, -0.25) is 15.0 Å². The largest absolute Gasteiger partial charge is 0.493 e. The number of halogens is 3. The molecule has 0 bridgehead atoms. The van der Waals surface area contributed by atoms with Crippen LogP contribution in [0.5, 0.6) is 11.5 Å². The summed E-state index contributed by atoms with van der Waals surface area (Å²) in [7, 11) is 1.54. The highest BCUT2D eigenvalue weighted by molar-refractivity contribution is 9.10. The van der Waals surface area contributed by atoms with Crippen LogP contribution < -0.4 is 14.9 Å². The molecule has 0 aliphatic carbocycles. The lowest BCUT2D eigenvalue weighted by Crippen LogP contribution is -2.44. The van der Waals surface area contributed by atoms with Gasteiger partial charge < -0.3 is 9.47 Å². The van der Waals surface area contributed by atoms with E-state index in [4.69, 9.17) is 33.3 Å². The van der Waals surface area contributed by atoms with Crippen molar-refractivity contribution in [3.05, 3.63) is 95.7 Å². The number of rotatable bonds is 7. The highest BCUT2D eigenvalue weighted by atomic mass is 79.9. The lowest BCUT2D eigenvalue weighted by molar-refractivity contribution is -0.123. The van der Waals surface area contributed by atoms with Gasteiger partial charge in [-0.05, 0) is 94.2 Å². The smallest absolute Gasteiger partial charge is 0.285 e. The summed E-state index contributed by atoms with van der Waals surface area (Å²) in [6.45, 7) is 2.22. The summed E-state index contributed by atoms with van der Waals surface area (Å²) in [6.07, 6.45) is 1.68. The van der Waals surface area contributed by atoms with E-state index in [1.54, 1.807) is 37.5 Å². The molecule has 1 heterocycles. The van der Waals surface area contributed by atoms with E-state index in [-0.39, 0.29) is 14.9 Å². The maximum absolute atomic E-state index is 13.0. The molecule has 4 rings (SSSR count). The number of methoxy groups -OCH3 is 1. The zero-order valence-electron chi connectivity index (χ0n) is 19.5. The molecular weight excluding hydrogens is 664 g/mol. The van der Waals surface area contributed by atoms with Crippen LogP contribution >= 0.6 is 67.4 Å². The number of carbonyl (C=O) groups is 2. The summed E-state index contributed by atoms with van der Waals surface area (Å²) < 4.78 is 13.4.